The van der Waals surface area contributed by atoms with Gasteiger partial charge in [-0.2, -0.15) is 0 Å². The zero-order valence-electron chi connectivity index (χ0n) is 13.0. The Morgan fingerprint density at radius 1 is 1.29 bits per heavy atom. The van der Waals surface area contributed by atoms with Crippen molar-refractivity contribution in [2.75, 3.05) is 47.0 Å². The molecule has 21 heavy (non-hydrogen) atoms. The maximum Gasteiger partial charge on any atom is 0.219 e. The number of rotatable bonds is 5. The van der Waals surface area contributed by atoms with Gasteiger partial charge in [0.15, 0.2) is 0 Å². The number of carbonyl (C=O) groups is 1. The molecule has 1 aliphatic heterocycles. The second-order valence-corrected chi connectivity index (χ2v) is 5.25. The maximum absolute atomic E-state index is 11.7. The molecule has 0 spiro atoms. The number of methoxy groups -OCH3 is 2. The standard InChI is InChI=1S/C16H24N2O3/c1-13(19)18-9-8-17(10-11-20-2)15(12-18)14-6-4-5-7-16(14)21-3/h4-7,15H,8-12H2,1-3H3. The van der Waals surface area contributed by atoms with Crippen molar-refractivity contribution in [3.8, 4) is 5.75 Å². The molecule has 0 aliphatic carbocycles. The van der Waals surface area contributed by atoms with Crippen LogP contribution in [-0.4, -0.2) is 62.7 Å². The van der Waals surface area contributed by atoms with E-state index in [0.717, 1.165) is 30.9 Å². The number of hydrogen-bond donors (Lipinski definition) is 0. The van der Waals surface area contributed by atoms with Gasteiger partial charge in [0.05, 0.1) is 19.8 Å². The molecule has 1 aliphatic rings. The van der Waals surface area contributed by atoms with Crippen molar-refractivity contribution in [1.29, 1.82) is 0 Å². The third-order valence-electron chi connectivity index (χ3n) is 4.02. The van der Waals surface area contributed by atoms with Crippen LogP contribution in [0, 0.1) is 0 Å². The summed E-state index contributed by atoms with van der Waals surface area (Å²) in [5, 5.41) is 0. The van der Waals surface area contributed by atoms with Crippen LogP contribution in [0.2, 0.25) is 0 Å². The summed E-state index contributed by atoms with van der Waals surface area (Å²) in [5.74, 6) is 0.997. The predicted molar refractivity (Wildman–Crippen MR) is 81.4 cm³/mol. The van der Waals surface area contributed by atoms with Crippen molar-refractivity contribution in [2.24, 2.45) is 0 Å². The average Bonchev–Trinajstić information content (AvgIpc) is 2.52. The summed E-state index contributed by atoms with van der Waals surface area (Å²) in [6, 6.07) is 8.17. The van der Waals surface area contributed by atoms with Crippen molar-refractivity contribution in [2.45, 2.75) is 13.0 Å². The lowest BCUT2D eigenvalue weighted by atomic mass is 10.0. The molecular formula is C16H24N2O3. The van der Waals surface area contributed by atoms with E-state index in [1.165, 1.54) is 0 Å². The Hall–Kier alpha value is -1.59. The van der Waals surface area contributed by atoms with Crippen LogP contribution < -0.4 is 4.74 Å². The molecule has 1 aromatic carbocycles. The van der Waals surface area contributed by atoms with Gasteiger partial charge in [-0.15, -0.1) is 0 Å². The van der Waals surface area contributed by atoms with Gasteiger partial charge in [-0.05, 0) is 6.07 Å². The van der Waals surface area contributed by atoms with Crippen LogP contribution in [-0.2, 0) is 9.53 Å². The fourth-order valence-corrected chi connectivity index (χ4v) is 2.82. The molecule has 1 unspecified atom stereocenters. The number of piperazine rings is 1. The highest BCUT2D eigenvalue weighted by atomic mass is 16.5. The summed E-state index contributed by atoms with van der Waals surface area (Å²) in [5.41, 5.74) is 1.13. The van der Waals surface area contributed by atoms with Gasteiger partial charge < -0.3 is 14.4 Å². The normalized spacial score (nSPS) is 19.6. The molecule has 1 heterocycles. The summed E-state index contributed by atoms with van der Waals surface area (Å²) in [7, 11) is 3.40. The number of para-hydroxylation sites is 1. The molecule has 0 radical (unpaired) electrons. The summed E-state index contributed by atoms with van der Waals surface area (Å²) in [6.07, 6.45) is 0. The van der Waals surface area contributed by atoms with Gasteiger partial charge >= 0.3 is 0 Å². The van der Waals surface area contributed by atoms with Gasteiger partial charge in [0.25, 0.3) is 0 Å². The minimum atomic E-state index is 0.126. The third-order valence-corrected chi connectivity index (χ3v) is 4.02. The number of benzene rings is 1. The number of ether oxygens (including phenoxy) is 2. The minimum Gasteiger partial charge on any atom is -0.496 e. The predicted octanol–water partition coefficient (Wildman–Crippen LogP) is 1.55. The minimum absolute atomic E-state index is 0.126. The van der Waals surface area contributed by atoms with E-state index in [9.17, 15) is 4.79 Å². The van der Waals surface area contributed by atoms with E-state index in [1.54, 1.807) is 21.1 Å². The highest BCUT2D eigenvalue weighted by molar-refractivity contribution is 5.73. The van der Waals surface area contributed by atoms with Gasteiger partial charge in [0, 0.05) is 45.8 Å². The molecule has 1 atom stereocenters. The van der Waals surface area contributed by atoms with E-state index < -0.39 is 0 Å². The summed E-state index contributed by atoms with van der Waals surface area (Å²) in [4.78, 5) is 16.0. The first-order valence-electron chi connectivity index (χ1n) is 7.28. The monoisotopic (exact) mass is 292 g/mol. The number of nitrogens with zero attached hydrogens (tertiary/aromatic N) is 2. The van der Waals surface area contributed by atoms with E-state index in [2.05, 4.69) is 11.0 Å². The topological polar surface area (TPSA) is 42.0 Å². The third kappa shape index (κ3) is 3.74. The molecule has 1 fully saturated rings. The molecule has 1 aromatic rings. The number of amides is 1. The smallest absolute Gasteiger partial charge is 0.219 e. The highest BCUT2D eigenvalue weighted by Gasteiger charge is 2.30. The van der Waals surface area contributed by atoms with Gasteiger partial charge in [0.2, 0.25) is 5.91 Å². The fraction of sp³-hybridized carbons (Fsp3) is 0.562. The SMILES string of the molecule is COCCN1CCN(C(C)=O)CC1c1ccccc1OC. The van der Waals surface area contributed by atoms with Crippen LogP contribution >= 0.6 is 0 Å². The second kappa shape index (κ2) is 7.43. The molecule has 2 rings (SSSR count). The van der Waals surface area contributed by atoms with Gasteiger partial charge in [-0.1, -0.05) is 18.2 Å². The Morgan fingerprint density at radius 3 is 2.71 bits per heavy atom. The Kier molecular flexibility index (Phi) is 5.59. The zero-order chi connectivity index (χ0) is 15.2. The van der Waals surface area contributed by atoms with Crippen molar-refractivity contribution in [3.05, 3.63) is 29.8 Å². The molecule has 5 heteroatoms. The molecule has 1 saturated heterocycles. The van der Waals surface area contributed by atoms with Crippen LogP contribution in [0.4, 0.5) is 0 Å². The number of carbonyl (C=O) groups excluding carboxylic acids is 1. The molecule has 116 valence electrons. The molecule has 0 aromatic heterocycles. The van der Waals surface area contributed by atoms with Crippen molar-refractivity contribution in [3.63, 3.8) is 0 Å². The molecule has 0 N–H and O–H groups in total. The summed E-state index contributed by atoms with van der Waals surface area (Å²) >= 11 is 0. The Labute approximate surface area is 126 Å². The maximum atomic E-state index is 11.7. The van der Waals surface area contributed by atoms with Crippen molar-refractivity contribution < 1.29 is 14.3 Å². The van der Waals surface area contributed by atoms with Crippen LogP contribution in [0.25, 0.3) is 0 Å². The van der Waals surface area contributed by atoms with E-state index >= 15 is 0 Å². The van der Waals surface area contributed by atoms with Crippen molar-refractivity contribution in [1.82, 2.24) is 9.80 Å². The Morgan fingerprint density at radius 2 is 2.05 bits per heavy atom. The molecule has 5 nitrogen and oxygen atoms in total. The van der Waals surface area contributed by atoms with E-state index in [-0.39, 0.29) is 11.9 Å². The van der Waals surface area contributed by atoms with Crippen molar-refractivity contribution >= 4 is 5.91 Å². The van der Waals surface area contributed by atoms with E-state index in [4.69, 9.17) is 9.47 Å². The molecule has 1 amide bonds. The number of hydrogen-bond acceptors (Lipinski definition) is 4. The first-order chi connectivity index (χ1) is 10.2. The quantitative estimate of drug-likeness (QED) is 0.826. The zero-order valence-corrected chi connectivity index (χ0v) is 13.0. The van der Waals surface area contributed by atoms with Crippen LogP contribution in [0.5, 0.6) is 5.75 Å². The summed E-state index contributed by atoms with van der Waals surface area (Å²) < 4.78 is 10.7. The molecular weight excluding hydrogens is 268 g/mol. The lowest BCUT2D eigenvalue weighted by Crippen LogP contribution is -2.50. The molecule has 0 saturated carbocycles. The van der Waals surface area contributed by atoms with E-state index in [0.29, 0.717) is 13.2 Å². The Bertz CT molecular complexity index is 478. The van der Waals surface area contributed by atoms with Gasteiger partial charge in [-0.3, -0.25) is 9.69 Å². The average molecular weight is 292 g/mol. The van der Waals surface area contributed by atoms with E-state index in [1.807, 2.05) is 23.1 Å². The Balaban J connectivity index is 2.25. The fourth-order valence-electron chi connectivity index (χ4n) is 2.82. The van der Waals surface area contributed by atoms with Crippen LogP contribution in [0.3, 0.4) is 0 Å². The van der Waals surface area contributed by atoms with Gasteiger partial charge in [-0.25, -0.2) is 0 Å². The first kappa shape index (κ1) is 15.8. The van der Waals surface area contributed by atoms with Crippen LogP contribution in [0.15, 0.2) is 24.3 Å². The largest absolute Gasteiger partial charge is 0.496 e. The first-order valence-corrected chi connectivity index (χ1v) is 7.28. The van der Waals surface area contributed by atoms with Gasteiger partial charge in [0.1, 0.15) is 5.75 Å². The molecule has 0 bridgehead atoms. The second-order valence-electron chi connectivity index (χ2n) is 5.25. The highest BCUT2D eigenvalue weighted by Crippen LogP contribution is 2.31. The lowest BCUT2D eigenvalue weighted by Gasteiger charge is -2.41. The van der Waals surface area contributed by atoms with Crippen LogP contribution in [0.1, 0.15) is 18.5 Å². The lowest BCUT2D eigenvalue weighted by molar-refractivity contribution is -0.132. The summed E-state index contributed by atoms with van der Waals surface area (Å²) in [6.45, 7) is 5.48.